The molecule has 0 spiro atoms. The minimum absolute atomic E-state index is 0.413. The van der Waals surface area contributed by atoms with E-state index in [1.807, 2.05) is 65.8 Å². The molecule has 0 aromatic heterocycles. The van der Waals surface area contributed by atoms with Crippen molar-refractivity contribution >= 4 is 24.0 Å². The van der Waals surface area contributed by atoms with Gasteiger partial charge >= 0.3 is 7.12 Å². The van der Waals surface area contributed by atoms with Gasteiger partial charge in [-0.25, -0.2) is 0 Å². The SMILES string of the molecule is C=C/C(C)=C(/Nc1ccc(N)cc1B1OC(C)(C)C(C)(C)O1)C(=C)C. The molecule has 1 aromatic carbocycles. The van der Waals surface area contributed by atoms with E-state index in [0.717, 1.165) is 28.0 Å². The van der Waals surface area contributed by atoms with Gasteiger partial charge in [-0.3, -0.25) is 0 Å². The Morgan fingerprint density at radius 1 is 1.16 bits per heavy atom. The van der Waals surface area contributed by atoms with Gasteiger partial charge in [0.05, 0.1) is 11.2 Å². The topological polar surface area (TPSA) is 56.5 Å². The third-order valence-corrected chi connectivity index (χ3v) is 4.97. The van der Waals surface area contributed by atoms with Crippen LogP contribution in [-0.4, -0.2) is 18.3 Å². The van der Waals surface area contributed by atoms with Crippen molar-refractivity contribution in [2.24, 2.45) is 0 Å². The Hall–Kier alpha value is -1.98. The van der Waals surface area contributed by atoms with E-state index < -0.39 is 18.3 Å². The number of hydrogen-bond acceptors (Lipinski definition) is 4. The summed E-state index contributed by atoms with van der Waals surface area (Å²) in [7, 11) is -0.494. The quantitative estimate of drug-likeness (QED) is 0.483. The Kier molecular flexibility index (Phi) is 5.21. The van der Waals surface area contributed by atoms with Gasteiger partial charge < -0.3 is 20.4 Å². The Bertz CT molecular complexity index is 719. The van der Waals surface area contributed by atoms with Crippen LogP contribution >= 0.6 is 0 Å². The lowest BCUT2D eigenvalue weighted by Gasteiger charge is -2.32. The van der Waals surface area contributed by atoms with Crippen molar-refractivity contribution in [3.05, 3.63) is 54.3 Å². The molecule has 1 aromatic rings. The molecule has 25 heavy (non-hydrogen) atoms. The molecule has 1 aliphatic heterocycles. The summed E-state index contributed by atoms with van der Waals surface area (Å²) in [6.45, 7) is 20.0. The highest BCUT2D eigenvalue weighted by atomic mass is 16.7. The second kappa shape index (κ2) is 6.73. The zero-order valence-corrected chi connectivity index (χ0v) is 16.2. The molecule has 0 amide bonds. The van der Waals surface area contributed by atoms with Gasteiger partial charge in [0.2, 0.25) is 0 Å². The van der Waals surface area contributed by atoms with Crippen molar-refractivity contribution in [1.29, 1.82) is 0 Å². The lowest BCUT2D eigenvalue weighted by molar-refractivity contribution is 0.00578. The maximum atomic E-state index is 6.20. The van der Waals surface area contributed by atoms with Gasteiger partial charge in [-0.15, -0.1) is 0 Å². The van der Waals surface area contributed by atoms with Gasteiger partial charge in [-0.05, 0) is 70.9 Å². The number of hydrogen-bond donors (Lipinski definition) is 2. The third kappa shape index (κ3) is 3.83. The Morgan fingerprint density at radius 3 is 2.20 bits per heavy atom. The van der Waals surface area contributed by atoms with Crippen LogP contribution in [-0.2, 0) is 9.31 Å². The molecule has 0 saturated carbocycles. The predicted octanol–water partition coefficient (Wildman–Crippen LogP) is 4.02. The van der Waals surface area contributed by atoms with Crippen LogP contribution in [0.25, 0.3) is 0 Å². The van der Waals surface area contributed by atoms with E-state index in [0.29, 0.717) is 5.69 Å². The van der Waals surface area contributed by atoms with Crippen LogP contribution in [0.15, 0.2) is 54.3 Å². The first-order valence-corrected chi connectivity index (χ1v) is 8.50. The van der Waals surface area contributed by atoms with Gasteiger partial charge in [0.15, 0.2) is 0 Å². The molecule has 2 rings (SSSR count). The minimum atomic E-state index is -0.494. The maximum absolute atomic E-state index is 6.20. The highest BCUT2D eigenvalue weighted by molar-refractivity contribution is 6.64. The van der Waals surface area contributed by atoms with Gasteiger partial charge in [0.1, 0.15) is 0 Å². The molecular formula is C20H29BN2O2. The molecule has 0 unspecified atom stereocenters. The lowest BCUT2D eigenvalue weighted by Crippen LogP contribution is -2.41. The highest BCUT2D eigenvalue weighted by Gasteiger charge is 2.52. The van der Waals surface area contributed by atoms with Crippen LogP contribution in [0.3, 0.4) is 0 Å². The number of nitrogens with two attached hydrogens (primary N) is 1. The van der Waals surface area contributed by atoms with Crippen LogP contribution < -0.4 is 16.5 Å². The highest BCUT2D eigenvalue weighted by Crippen LogP contribution is 2.37. The number of rotatable bonds is 5. The van der Waals surface area contributed by atoms with Crippen molar-refractivity contribution in [3.63, 3.8) is 0 Å². The second-order valence-electron chi connectivity index (χ2n) is 7.60. The molecule has 1 aliphatic rings. The Labute approximate surface area is 151 Å². The molecule has 1 saturated heterocycles. The van der Waals surface area contributed by atoms with Crippen LogP contribution in [0.1, 0.15) is 41.5 Å². The fraction of sp³-hybridized carbons (Fsp3) is 0.400. The molecular weight excluding hydrogens is 311 g/mol. The molecule has 1 fully saturated rings. The van der Waals surface area contributed by atoms with E-state index >= 15 is 0 Å². The zero-order chi connectivity index (χ0) is 19.0. The van der Waals surface area contributed by atoms with Crippen molar-refractivity contribution < 1.29 is 9.31 Å². The van der Waals surface area contributed by atoms with Crippen molar-refractivity contribution in [2.75, 3.05) is 11.1 Å². The Morgan fingerprint density at radius 2 is 1.72 bits per heavy atom. The van der Waals surface area contributed by atoms with E-state index in [-0.39, 0.29) is 0 Å². The summed E-state index contributed by atoms with van der Waals surface area (Å²) in [5, 5.41) is 3.45. The number of allylic oxidation sites excluding steroid dienone is 3. The Balaban J connectivity index is 2.46. The standard InChI is InChI=1S/C20H29BN2O2/c1-9-14(4)18(13(2)3)23-17-11-10-15(22)12-16(17)21-24-19(5,6)20(7,8)25-21/h9-12,23H,1-2,22H2,3-8H3/b18-14+. The van der Waals surface area contributed by atoms with Crippen molar-refractivity contribution in [1.82, 2.24) is 0 Å². The second-order valence-corrected chi connectivity index (χ2v) is 7.60. The normalized spacial score (nSPS) is 19.4. The summed E-state index contributed by atoms with van der Waals surface area (Å²) in [6, 6.07) is 5.69. The fourth-order valence-electron chi connectivity index (χ4n) is 2.64. The molecule has 5 heteroatoms. The van der Waals surface area contributed by atoms with E-state index in [1.165, 1.54) is 0 Å². The van der Waals surface area contributed by atoms with Crippen LogP contribution in [0.4, 0.5) is 11.4 Å². The minimum Gasteiger partial charge on any atom is -0.399 e. The lowest BCUT2D eigenvalue weighted by atomic mass is 9.77. The maximum Gasteiger partial charge on any atom is 0.497 e. The van der Waals surface area contributed by atoms with Gasteiger partial charge in [0.25, 0.3) is 0 Å². The summed E-state index contributed by atoms with van der Waals surface area (Å²) in [5.41, 5.74) is 10.5. The molecule has 0 bridgehead atoms. The van der Waals surface area contributed by atoms with E-state index in [9.17, 15) is 0 Å². The fourth-order valence-corrected chi connectivity index (χ4v) is 2.64. The van der Waals surface area contributed by atoms with Crippen LogP contribution in [0.5, 0.6) is 0 Å². The average molecular weight is 340 g/mol. The van der Waals surface area contributed by atoms with Crippen LogP contribution in [0, 0.1) is 0 Å². The van der Waals surface area contributed by atoms with E-state index in [4.69, 9.17) is 15.0 Å². The van der Waals surface area contributed by atoms with E-state index in [2.05, 4.69) is 18.5 Å². The summed E-state index contributed by atoms with van der Waals surface area (Å²) in [4.78, 5) is 0. The number of anilines is 2. The van der Waals surface area contributed by atoms with Crippen molar-refractivity contribution in [2.45, 2.75) is 52.7 Å². The molecule has 0 aliphatic carbocycles. The first-order valence-electron chi connectivity index (χ1n) is 8.50. The van der Waals surface area contributed by atoms with Gasteiger partial charge in [-0.1, -0.05) is 19.2 Å². The summed E-state index contributed by atoms with van der Waals surface area (Å²) in [5.74, 6) is 0. The summed E-state index contributed by atoms with van der Waals surface area (Å²) >= 11 is 0. The number of nitrogens with one attached hydrogen (secondary N) is 1. The van der Waals surface area contributed by atoms with Crippen LogP contribution in [0.2, 0.25) is 0 Å². The smallest absolute Gasteiger partial charge is 0.399 e. The largest absolute Gasteiger partial charge is 0.497 e. The zero-order valence-electron chi connectivity index (χ0n) is 16.2. The third-order valence-electron chi connectivity index (χ3n) is 4.97. The monoisotopic (exact) mass is 340 g/mol. The molecule has 0 atom stereocenters. The molecule has 1 heterocycles. The van der Waals surface area contributed by atoms with Gasteiger partial charge in [0, 0.05) is 22.5 Å². The predicted molar refractivity (Wildman–Crippen MR) is 108 cm³/mol. The summed E-state index contributed by atoms with van der Waals surface area (Å²) < 4.78 is 12.4. The van der Waals surface area contributed by atoms with Gasteiger partial charge in [-0.2, -0.15) is 0 Å². The first-order chi connectivity index (χ1) is 11.5. The molecule has 4 nitrogen and oxygen atoms in total. The molecule has 0 radical (unpaired) electrons. The molecule has 3 N–H and O–H groups in total. The number of nitrogen functional groups attached to an aromatic ring is 1. The summed E-state index contributed by atoms with van der Waals surface area (Å²) in [6.07, 6.45) is 1.81. The van der Waals surface area contributed by atoms with Crippen molar-refractivity contribution in [3.8, 4) is 0 Å². The number of benzene rings is 1. The van der Waals surface area contributed by atoms with E-state index in [1.54, 1.807) is 0 Å². The first kappa shape index (κ1) is 19.4. The molecule has 134 valence electrons. The average Bonchev–Trinajstić information content (AvgIpc) is 2.73.